The van der Waals surface area contributed by atoms with E-state index in [1.54, 1.807) is 55.5 Å². The first-order valence-electron chi connectivity index (χ1n) is 11.2. The van der Waals surface area contributed by atoms with E-state index in [-0.39, 0.29) is 18.2 Å². The molecule has 1 fully saturated rings. The average Bonchev–Trinajstić information content (AvgIpc) is 2.89. The van der Waals surface area contributed by atoms with E-state index in [1.165, 1.54) is 0 Å². The van der Waals surface area contributed by atoms with Crippen LogP contribution in [-0.2, 0) is 9.59 Å². The number of hydrogen-bond acceptors (Lipinski definition) is 5. The zero-order valence-corrected chi connectivity index (χ0v) is 19.6. The average molecular weight is 474 g/mol. The van der Waals surface area contributed by atoms with Gasteiger partial charge in [-0.25, -0.2) is 0 Å². The quantitative estimate of drug-likeness (QED) is 0.540. The number of amides is 3. The van der Waals surface area contributed by atoms with Crippen LogP contribution in [0.2, 0.25) is 0 Å². The molecule has 2 atom stereocenters. The SMILES string of the molecule is COc1ccc([C@@H]2[C@H](C(=O)Nc3ccc(C(N)=O)cc3)CCC(=O)N2c2ccc(OC)cc2)cc1. The minimum Gasteiger partial charge on any atom is -0.497 e. The van der Waals surface area contributed by atoms with Gasteiger partial charge in [0, 0.05) is 23.4 Å². The topological polar surface area (TPSA) is 111 Å². The Bertz CT molecular complexity index is 1210. The second-order valence-electron chi connectivity index (χ2n) is 8.26. The van der Waals surface area contributed by atoms with Crippen molar-refractivity contribution in [1.29, 1.82) is 0 Å². The van der Waals surface area contributed by atoms with Gasteiger partial charge in [0.2, 0.25) is 17.7 Å². The lowest BCUT2D eigenvalue weighted by Crippen LogP contribution is -2.46. The molecule has 0 bridgehead atoms. The van der Waals surface area contributed by atoms with Crippen molar-refractivity contribution in [2.45, 2.75) is 18.9 Å². The highest BCUT2D eigenvalue weighted by atomic mass is 16.5. The van der Waals surface area contributed by atoms with Crippen LogP contribution in [-0.4, -0.2) is 31.9 Å². The highest BCUT2D eigenvalue weighted by Crippen LogP contribution is 2.41. The van der Waals surface area contributed by atoms with Crippen molar-refractivity contribution in [2.75, 3.05) is 24.4 Å². The molecular weight excluding hydrogens is 446 g/mol. The van der Waals surface area contributed by atoms with Crippen LogP contribution in [0.25, 0.3) is 0 Å². The van der Waals surface area contributed by atoms with Crippen molar-refractivity contribution in [3.63, 3.8) is 0 Å². The van der Waals surface area contributed by atoms with E-state index in [1.807, 2.05) is 36.4 Å². The molecule has 0 aromatic heterocycles. The highest BCUT2D eigenvalue weighted by molar-refractivity contribution is 6.00. The Kier molecular flexibility index (Phi) is 7.01. The van der Waals surface area contributed by atoms with Gasteiger partial charge in [-0.05, 0) is 72.6 Å². The lowest BCUT2D eigenvalue weighted by atomic mass is 9.83. The predicted molar refractivity (Wildman–Crippen MR) is 133 cm³/mol. The minimum atomic E-state index is -0.539. The van der Waals surface area contributed by atoms with Gasteiger partial charge < -0.3 is 25.4 Å². The third-order valence-electron chi connectivity index (χ3n) is 6.18. The maximum absolute atomic E-state index is 13.5. The van der Waals surface area contributed by atoms with Gasteiger partial charge in [0.1, 0.15) is 11.5 Å². The van der Waals surface area contributed by atoms with Crippen LogP contribution < -0.4 is 25.4 Å². The van der Waals surface area contributed by atoms with Crippen LogP contribution in [0.15, 0.2) is 72.8 Å². The van der Waals surface area contributed by atoms with Crippen LogP contribution in [0.5, 0.6) is 11.5 Å². The van der Waals surface area contributed by atoms with Crippen molar-refractivity contribution in [3.05, 3.63) is 83.9 Å². The Morgan fingerprint density at radius 1 is 0.886 bits per heavy atom. The number of nitrogens with zero attached hydrogens (tertiary/aromatic N) is 1. The monoisotopic (exact) mass is 473 g/mol. The zero-order valence-electron chi connectivity index (χ0n) is 19.6. The Hall–Kier alpha value is -4.33. The number of anilines is 2. The van der Waals surface area contributed by atoms with Crippen LogP contribution in [0, 0.1) is 5.92 Å². The lowest BCUT2D eigenvalue weighted by molar-refractivity contribution is -0.125. The van der Waals surface area contributed by atoms with Gasteiger partial charge in [-0.15, -0.1) is 0 Å². The molecular formula is C27H27N3O5. The van der Waals surface area contributed by atoms with Crippen LogP contribution in [0.1, 0.15) is 34.8 Å². The van der Waals surface area contributed by atoms with E-state index >= 15 is 0 Å². The van der Waals surface area contributed by atoms with Crippen LogP contribution >= 0.6 is 0 Å². The first-order chi connectivity index (χ1) is 16.9. The molecule has 4 rings (SSSR count). The molecule has 35 heavy (non-hydrogen) atoms. The van der Waals surface area contributed by atoms with E-state index in [0.717, 1.165) is 5.56 Å². The first kappa shape index (κ1) is 23.8. The standard InChI is InChI=1S/C27H27N3O5/c1-34-21-11-5-17(6-12-21)25-23(27(33)29-19-7-3-18(4-8-19)26(28)32)15-16-24(31)30(25)20-9-13-22(35-2)14-10-20/h3-14,23,25H,15-16H2,1-2H3,(H2,28,32)(H,29,33)/t23-,25-/m1/s1. The second kappa shape index (κ2) is 10.3. The summed E-state index contributed by atoms with van der Waals surface area (Å²) in [5.74, 6) is 0.0206. The Labute approximate surface area is 203 Å². The Balaban J connectivity index is 1.69. The summed E-state index contributed by atoms with van der Waals surface area (Å²) in [7, 11) is 3.17. The van der Waals surface area contributed by atoms with Crippen LogP contribution in [0.4, 0.5) is 11.4 Å². The molecule has 8 heteroatoms. The molecule has 0 spiro atoms. The third kappa shape index (κ3) is 5.11. The van der Waals surface area contributed by atoms with Crippen molar-refractivity contribution in [3.8, 4) is 11.5 Å². The molecule has 180 valence electrons. The maximum atomic E-state index is 13.5. The zero-order chi connectivity index (χ0) is 24.9. The van der Waals surface area contributed by atoms with Gasteiger partial charge in [0.05, 0.1) is 26.2 Å². The van der Waals surface area contributed by atoms with E-state index in [9.17, 15) is 14.4 Å². The first-order valence-corrected chi connectivity index (χ1v) is 11.2. The summed E-state index contributed by atoms with van der Waals surface area (Å²) >= 11 is 0. The van der Waals surface area contributed by atoms with Gasteiger partial charge in [0.15, 0.2) is 0 Å². The molecule has 8 nitrogen and oxygen atoms in total. The van der Waals surface area contributed by atoms with Gasteiger partial charge >= 0.3 is 0 Å². The summed E-state index contributed by atoms with van der Waals surface area (Å²) in [6.45, 7) is 0. The molecule has 1 aliphatic heterocycles. The second-order valence-corrected chi connectivity index (χ2v) is 8.26. The molecule has 0 radical (unpaired) electrons. The molecule has 0 aliphatic carbocycles. The number of hydrogen-bond donors (Lipinski definition) is 2. The minimum absolute atomic E-state index is 0.0640. The lowest BCUT2D eigenvalue weighted by Gasteiger charge is -2.41. The van der Waals surface area contributed by atoms with Gasteiger partial charge in [-0.3, -0.25) is 14.4 Å². The van der Waals surface area contributed by atoms with E-state index < -0.39 is 17.9 Å². The molecule has 1 heterocycles. The van der Waals surface area contributed by atoms with E-state index in [2.05, 4.69) is 5.32 Å². The highest BCUT2D eigenvalue weighted by Gasteiger charge is 2.41. The number of rotatable bonds is 7. The van der Waals surface area contributed by atoms with Gasteiger partial charge in [-0.1, -0.05) is 12.1 Å². The summed E-state index contributed by atoms with van der Waals surface area (Å²) in [4.78, 5) is 39.7. The van der Waals surface area contributed by atoms with Crippen LogP contribution in [0.3, 0.4) is 0 Å². The number of nitrogens with one attached hydrogen (secondary N) is 1. The van der Waals surface area contributed by atoms with Crippen molar-refractivity contribution in [2.24, 2.45) is 11.7 Å². The number of benzene rings is 3. The largest absolute Gasteiger partial charge is 0.497 e. The summed E-state index contributed by atoms with van der Waals surface area (Å²) in [6.07, 6.45) is 0.630. The number of primary amides is 1. The van der Waals surface area contributed by atoms with E-state index in [0.29, 0.717) is 34.9 Å². The molecule has 3 amide bonds. The molecule has 3 aromatic carbocycles. The van der Waals surface area contributed by atoms with Crippen molar-refractivity contribution >= 4 is 29.1 Å². The Morgan fingerprint density at radius 3 is 2.00 bits per heavy atom. The fraction of sp³-hybridized carbons (Fsp3) is 0.222. The number of carbonyl (C=O) groups is 3. The maximum Gasteiger partial charge on any atom is 0.248 e. The van der Waals surface area contributed by atoms with Gasteiger partial charge in [0.25, 0.3) is 0 Å². The number of ether oxygens (including phenoxy) is 2. The molecule has 3 aromatic rings. The number of nitrogens with two attached hydrogens (primary N) is 1. The molecule has 3 N–H and O–H groups in total. The molecule has 1 aliphatic rings. The Morgan fingerprint density at radius 2 is 1.46 bits per heavy atom. The summed E-state index contributed by atoms with van der Waals surface area (Å²) in [6, 6.07) is 20.5. The summed E-state index contributed by atoms with van der Waals surface area (Å²) in [5.41, 5.74) is 7.70. The van der Waals surface area contributed by atoms with E-state index in [4.69, 9.17) is 15.2 Å². The predicted octanol–water partition coefficient (Wildman–Crippen LogP) is 3.93. The molecule has 0 saturated carbocycles. The number of carbonyl (C=O) groups excluding carboxylic acids is 3. The molecule has 1 saturated heterocycles. The number of methoxy groups -OCH3 is 2. The van der Waals surface area contributed by atoms with Crippen molar-refractivity contribution < 1.29 is 23.9 Å². The number of piperidine rings is 1. The fourth-order valence-electron chi connectivity index (χ4n) is 4.35. The summed E-state index contributed by atoms with van der Waals surface area (Å²) in [5, 5.41) is 2.93. The third-order valence-corrected chi connectivity index (χ3v) is 6.18. The smallest absolute Gasteiger partial charge is 0.248 e. The summed E-state index contributed by atoms with van der Waals surface area (Å²) < 4.78 is 10.5. The van der Waals surface area contributed by atoms with Gasteiger partial charge in [-0.2, -0.15) is 0 Å². The fourth-order valence-corrected chi connectivity index (χ4v) is 4.35. The van der Waals surface area contributed by atoms with Crippen molar-refractivity contribution in [1.82, 2.24) is 0 Å². The molecule has 0 unspecified atom stereocenters. The normalized spacial score (nSPS) is 17.5.